The minimum absolute atomic E-state index is 0.242. The van der Waals surface area contributed by atoms with Gasteiger partial charge in [0.15, 0.2) is 5.78 Å². The van der Waals surface area contributed by atoms with Gasteiger partial charge in [0, 0.05) is 5.92 Å². The molecule has 0 N–H and O–H groups in total. The van der Waals surface area contributed by atoms with E-state index < -0.39 is 8.32 Å². The molecule has 2 aliphatic rings. The molecule has 0 heterocycles. The summed E-state index contributed by atoms with van der Waals surface area (Å²) >= 11 is 0. The highest BCUT2D eigenvalue weighted by atomic mass is 28.4. The molecule has 2 nitrogen and oxygen atoms in total. The average molecular weight is 224 g/mol. The van der Waals surface area contributed by atoms with E-state index in [9.17, 15) is 4.79 Å². The van der Waals surface area contributed by atoms with Gasteiger partial charge in [-0.05, 0) is 50.4 Å². The van der Waals surface area contributed by atoms with E-state index in [1.54, 1.807) is 0 Å². The second kappa shape index (κ2) is 3.48. The zero-order chi connectivity index (χ0) is 11.2. The Hall–Kier alpha value is -0.573. The minimum Gasteiger partial charge on any atom is -0.542 e. The standard InChI is InChI=1S/C12H20O2Si/c1-8-5-9-6-10(8)12(13)11(7-9)14-15(2,3)4/h7-10H,5-6H2,1-4H3. The van der Waals surface area contributed by atoms with Gasteiger partial charge < -0.3 is 4.43 Å². The van der Waals surface area contributed by atoms with Crippen LogP contribution in [0.5, 0.6) is 0 Å². The Balaban J connectivity index is 2.18. The molecular weight excluding hydrogens is 204 g/mol. The Kier molecular flexibility index (Phi) is 2.53. The number of rotatable bonds is 2. The van der Waals surface area contributed by atoms with Crippen molar-refractivity contribution in [3.63, 3.8) is 0 Å². The zero-order valence-corrected chi connectivity index (χ0v) is 11.0. The molecule has 0 aliphatic heterocycles. The van der Waals surface area contributed by atoms with Crippen molar-refractivity contribution in [3.8, 4) is 0 Å². The van der Waals surface area contributed by atoms with Crippen LogP contribution in [-0.2, 0) is 9.22 Å². The van der Waals surface area contributed by atoms with Gasteiger partial charge in [-0.2, -0.15) is 0 Å². The summed E-state index contributed by atoms with van der Waals surface area (Å²) in [5.74, 6) is 2.32. The van der Waals surface area contributed by atoms with Crippen molar-refractivity contribution < 1.29 is 9.22 Å². The summed E-state index contributed by atoms with van der Waals surface area (Å²) in [7, 11) is -1.63. The molecule has 15 heavy (non-hydrogen) atoms. The van der Waals surface area contributed by atoms with Crippen LogP contribution in [-0.4, -0.2) is 14.1 Å². The Labute approximate surface area is 92.8 Å². The van der Waals surface area contributed by atoms with E-state index in [1.807, 2.05) is 0 Å². The second-order valence-corrected chi connectivity index (χ2v) is 10.4. The van der Waals surface area contributed by atoms with Gasteiger partial charge in [0.05, 0.1) is 0 Å². The highest BCUT2D eigenvalue weighted by molar-refractivity contribution is 6.70. The predicted octanol–water partition coefficient (Wildman–Crippen LogP) is 2.97. The van der Waals surface area contributed by atoms with Crippen LogP contribution < -0.4 is 0 Å². The molecule has 2 aliphatic carbocycles. The van der Waals surface area contributed by atoms with Crippen molar-refractivity contribution in [2.24, 2.45) is 17.8 Å². The number of Topliss-reactive ketones (excluding diaryl/α,β-unsaturated/α-hetero) is 1. The molecule has 1 saturated carbocycles. The van der Waals surface area contributed by atoms with E-state index in [4.69, 9.17) is 4.43 Å². The first-order valence-electron chi connectivity index (χ1n) is 5.82. The number of allylic oxidation sites excluding steroid dienone is 2. The minimum atomic E-state index is -1.63. The quantitative estimate of drug-likeness (QED) is 0.674. The van der Waals surface area contributed by atoms with Crippen LogP contribution in [0.15, 0.2) is 11.8 Å². The van der Waals surface area contributed by atoms with Crippen molar-refractivity contribution in [1.29, 1.82) is 0 Å². The van der Waals surface area contributed by atoms with Crippen LogP contribution in [0.25, 0.3) is 0 Å². The Bertz CT molecular complexity index is 314. The van der Waals surface area contributed by atoms with E-state index in [2.05, 4.69) is 32.6 Å². The van der Waals surface area contributed by atoms with E-state index in [1.165, 1.54) is 0 Å². The summed E-state index contributed by atoms with van der Waals surface area (Å²) in [5, 5.41) is 0. The molecular formula is C12H20O2Si. The normalized spacial score (nSPS) is 35.3. The van der Waals surface area contributed by atoms with Crippen LogP contribution in [0.2, 0.25) is 19.6 Å². The summed E-state index contributed by atoms with van der Waals surface area (Å²) in [5.41, 5.74) is 0. The fourth-order valence-electron chi connectivity index (χ4n) is 2.69. The SMILES string of the molecule is CC1CC2C=C(O[Si](C)(C)C)C(=O)C1C2. The first-order valence-corrected chi connectivity index (χ1v) is 9.22. The number of fused-ring (bicyclic) bond motifs is 2. The maximum atomic E-state index is 12.1. The van der Waals surface area contributed by atoms with Crippen LogP contribution in [0.3, 0.4) is 0 Å². The molecule has 1 fully saturated rings. The molecule has 2 bridgehead atoms. The van der Waals surface area contributed by atoms with Crippen molar-refractivity contribution in [2.75, 3.05) is 0 Å². The van der Waals surface area contributed by atoms with Crippen LogP contribution in [0, 0.1) is 17.8 Å². The maximum absolute atomic E-state index is 12.1. The lowest BCUT2D eigenvalue weighted by molar-refractivity contribution is -0.122. The molecule has 0 spiro atoms. The molecule has 84 valence electrons. The molecule has 3 unspecified atom stereocenters. The third-order valence-electron chi connectivity index (χ3n) is 3.30. The van der Waals surface area contributed by atoms with Gasteiger partial charge in [-0.15, -0.1) is 0 Å². The van der Waals surface area contributed by atoms with E-state index in [-0.39, 0.29) is 11.7 Å². The van der Waals surface area contributed by atoms with Gasteiger partial charge in [0.2, 0.25) is 8.32 Å². The Morgan fingerprint density at radius 3 is 2.60 bits per heavy atom. The molecule has 2 rings (SSSR count). The maximum Gasteiger partial charge on any atom is 0.242 e. The number of hydrogen-bond donors (Lipinski definition) is 0. The van der Waals surface area contributed by atoms with Gasteiger partial charge >= 0.3 is 0 Å². The highest BCUT2D eigenvalue weighted by Crippen LogP contribution is 2.43. The summed E-state index contributed by atoms with van der Waals surface area (Å²) in [6.45, 7) is 8.57. The Morgan fingerprint density at radius 1 is 1.33 bits per heavy atom. The topological polar surface area (TPSA) is 26.3 Å². The van der Waals surface area contributed by atoms with E-state index >= 15 is 0 Å². The predicted molar refractivity (Wildman–Crippen MR) is 62.9 cm³/mol. The Morgan fingerprint density at radius 2 is 2.00 bits per heavy atom. The lowest BCUT2D eigenvalue weighted by atomic mass is 9.90. The van der Waals surface area contributed by atoms with Crippen molar-refractivity contribution >= 4 is 14.1 Å². The van der Waals surface area contributed by atoms with Crippen LogP contribution in [0.4, 0.5) is 0 Å². The van der Waals surface area contributed by atoms with Crippen molar-refractivity contribution in [3.05, 3.63) is 11.8 Å². The number of ketones is 1. The number of carbonyl (C=O) groups excluding carboxylic acids is 1. The molecule has 3 heteroatoms. The lowest BCUT2D eigenvalue weighted by Crippen LogP contribution is -2.31. The summed E-state index contributed by atoms with van der Waals surface area (Å²) < 4.78 is 5.87. The van der Waals surface area contributed by atoms with Gasteiger partial charge in [-0.1, -0.05) is 6.92 Å². The van der Waals surface area contributed by atoms with Gasteiger partial charge in [-0.25, -0.2) is 0 Å². The first-order chi connectivity index (χ1) is 6.87. The van der Waals surface area contributed by atoms with Crippen molar-refractivity contribution in [2.45, 2.75) is 39.4 Å². The average Bonchev–Trinajstić information content (AvgIpc) is 2.37. The largest absolute Gasteiger partial charge is 0.542 e. The van der Waals surface area contributed by atoms with Gasteiger partial charge in [0.25, 0.3) is 0 Å². The highest BCUT2D eigenvalue weighted by Gasteiger charge is 2.42. The van der Waals surface area contributed by atoms with E-state index in [0.717, 1.165) is 12.8 Å². The molecule has 0 aromatic rings. The van der Waals surface area contributed by atoms with Crippen molar-refractivity contribution in [1.82, 2.24) is 0 Å². The van der Waals surface area contributed by atoms with E-state index in [0.29, 0.717) is 17.6 Å². The second-order valence-electron chi connectivity index (χ2n) is 5.92. The third kappa shape index (κ3) is 2.17. The lowest BCUT2D eigenvalue weighted by Gasteiger charge is -2.26. The fraction of sp³-hybridized carbons (Fsp3) is 0.750. The number of hydrogen-bond acceptors (Lipinski definition) is 2. The van der Waals surface area contributed by atoms with Gasteiger partial charge in [0.1, 0.15) is 5.76 Å². The molecule has 0 radical (unpaired) electrons. The summed E-state index contributed by atoms with van der Waals surface area (Å²) in [6, 6.07) is 0. The monoisotopic (exact) mass is 224 g/mol. The van der Waals surface area contributed by atoms with Crippen LogP contribution >= 0.6 is 0 Å². The fourth-order valence-corrected chi connectivity index (χ4v) is 3.52. The zero-order valence-electron chi connectivity index (χ0n) is 10.0. The van der Waals surface area contributed by atoms with Crippen LogP contribution in [0.1, 0.15) is 19.8 Å². The number of carbonyl (C=O) groups is 1. The molecule has 3 atom stereocenters. The molecule has 0 saturated heterocycles. The summed E-state index contributed by atoms with van der Waals surface area (Å²) in [4.78, 5) is 12.1. The third-order valence-corrected chi connectivity index (χ3v) is 4.13. The molecule has 0 aromatic carbocycles. The molecule has 0 aromatic heterocycles. The smallest absolute Gasteiger partial charge is 0.242 e. The molecule has 0 amide bonds. The summed E-state index contributed by atoms with van der Waals surface area (Å²) in [6.07, 6.45) is 4.30. The van der Waals surface area contributed by atoms with Gasteiger partial charge in [-0.3, -0.25) is 4.79 Å². The first kappa shape index (κ1) is 10.9.